The van der Waals surface area contributed by atoms with Gasteiger partial charge in [0.15, 0.2) is 0 Å². The lowest BCUT2D eigenvalue weighted by Crippen LogP contribution is -2.55. The van der Waals surface area contributed by atoms with Crippen LogP contribution in [0.4, 0.5) is 13.2 Å². The predicted octanol–water partition coefficient (Wildman–Crippen LogP) is 5.74. The van der Waals surface area contributed by atoms with Crippen molar-refractivity contribution in [3.05, 3.63) is 47.3 Å². The quantitative estimate of drug-likeness (QED) is 0.655. The molecule has 0 saturated heterocycles. The van der Waals surface area contributed by atoms with E-state index in [9.17, 15) is 18.0 Å². The van der Waals surface area contributed by atoms with Gasteiger partial charge in [-0.2, -0.15) is 18.3 Å². The van der Waals surface area contributed by atoms with E-state index in [1.54, 1.807) is 6.07 Å². The normalized spacial score (nSPS) is 29.4. The summed E-state index contributed by atoms with van der Waals surface area (Å²) in [5.74, 6) is 2.57. The number of carbonyl (C=O) groups is 1. The summed E-state index contributed by atoms with van der Waals surface area (Å²) in [5.41, 5.74) is 0.159. The van der Waals surface area contributed by atoms with E-state index in [1.165, 1.54) is 49.0 Å². The zero-order valence-electron chi connectivity index (χ0n) is 18.7. The van der Waals surface area contributed by atoms with Crippen molar-refractivity contribution in [1.82, 2.24) is 15.1 Å². The third kappa shape index (κ3) is 3.73. The number of nitrogens with zero attached hydrogens (tertiary/aromatic N) is 2. The lowest BCUT2D eigenvalue weighted by atomic mass is 9.54. The third-order valence-corrected chi connectivity index (χ3v) is 7.67. The molecule has 172 valence electrons. The van der Waals surface area contributed by atoms with E-state index in [4.69, 9.17) is 0 Å². The van der Waals surface area contributed by atoms with Crippen LogP contribution in [0.5, 0.6) is 0 Å². The first-order valence-electron chi connectivity index (χ1n) is 11.6. The third-order valence-electron chi connectivity index (χ3n) is 7.67. The van der Waals surface area contributed by atoms with Gasteiger partial charge in [-0.05, 0) is 74.0 Å². The molecule has 1 aromatic heterocycles. The van der Waals surface area contributed by atoms with E-state index in [2.05, 4.69) is 10.4 Å². The molecular formula is C25H30F3N3O. The van der Waals surface area contributed by atoms with E-state index in [1.807, 2.05) is 20.8 Å². The van der Waals surface area contributed by atoms with Crippen LogP contribution in [-0.4, -0.2) is 21.7 Å². The zero-order chi connectivity index (χ0) is 22.8. The van der Waals surface area contributed by atoms with Crippen LogP contribution < -0.4 is 5.32 Å². The summed E-state index contributed by atoms with van der Waals surface area (Å²) >= 11 is 0. The Morgan fingerprint density at radius 2 is 1.66 bits per heavy atom. The molecule has 1 aromatic carbocycles. The monoisotopic (exact) mass is 445 g/mol. The Hall–Kier alpha value is -2.31. The number of nitrogens with one attached hydrogen (secondary N) is 1. The topological polar surface area (TPSA) is 46.9 Å². The Bertz CT molecular complexity index is 1010. The van der Waals surface area contributed by atoms with Crippen LogP contribution in [0, 0.1) is 23.7 Å². The molecule has 0 spiro atoms. The van der Waals surface area contributed by atoms with Crippen molar-refractivity contribution >= 4 is 5.91 Å². The average molecular weight is 446 g/mol. The molecule has 4 saturated carbocycles. The number of benzene rings is 1. The maximum Gasteiger partial charge on any atom is 0.416 e. The first kappa shape index (κ1) is 21.5. The van der Waals surface area contributed by atoms with E-state index in [-0.39, 0.29) is 11.9 Å². The molecule has 0 unspecified atom stereocenters. The van der Waals surface area contributed by atoms with Crippen molar-refractivity contribution in [3.63, 3.8) is 0 Å². The van der Waals surface area contributed by atoms with Gasteiger partial charge < -0.3 is 5.32 Å². The van der Waals surface area contributed by atoms with Gasteiger partial charge in [-0.25, -0.2) is 4.68 Å². The Balaban J connectivity index is 1.46. The van der Waals surface area contributed by atoms with Gasteiger partial charge in [-0.1, -0.05) is 26.8 Å². The van der Waals surface area contributed by atoms with Gasteiger partial charge in [-0.15, -0.1) is 0 Å². The van der Waals surface area contributed by atoms with Gasteiger partial charge in [0.25, 0.3) is 5.91 Å². The number of aromatic nitrogens is 2. The minimum Gasteiger partial charge on any atom is -0.349 e. The fourth-order valence-electron chi connectivity index (χ4n) is 6.64. The lowest BCUT2D eigenvalue weighted by Gasteiger charge is -2.54. The lowest BCUT2D eigenvalue weighted by molar-refractivity contribution is -0.137. The van der Waals surface area contributed by atoms with Crippen LogP contribution in [0.1, 0.15) is 74.5 Å². The fourth-order valence-corrected chi connectivity index (χ4v) is 6.64. The minimum absolute atomic E-state index is 0.161. The highest BCUT2D eigenvalue weighted by Gasteiger charge is 2.49. The average Bonchev–Trinajstić information content (AvgIpc) is 3.15. The second kappa shape index (κ2) is 7.35. The predicted molar refractivity (Wildman–Crippen MR) is 116 cm³/mol. The van der Waals surface area contributed by atoms with Gasteiger partial charge in [0.05, 0.1) is 28.7 Å². The minimum atomic E-state index is -4.44. The molecule has 32 heavy (non-hydrogen) atoms. The van der Waals surface area contributed by atoms with E-state index >= 15 is 0 Å². The number of carbonyl (C=O) groups excluding carboxylic acids is 1. The maximum absolute atomic E-state index is 13.4. The van der Waals surface area contributed by atoms with Crippen molar-refractivity contribution < 1.29 is 18.0 Å². The second-order valence-corrected chi connectivity index (χ2v) is 11.0. The molecule has 1 heterocycles. The van der Waals surface area contributed by atoms with Crippen molar-refractivity contribution in [1.29, 1.82) is 0 Å². The SMILES string of the molecule is CC(C)(C)c1c(C(=O)NC2C3CC4CC(C3)CC2C4)cnn1-c1cccc(C(F)(F)F)c1. The van der Waals surface area contributed by atoms with Crippen molar-refractivity contribution in [2.24, 2.45) is 23.7 Å². The summed E-state index contributed by atoms with van der Waals surface area (Å²) in [5, 5.41) is 7.69. The summed E-state index contributed by atoms with van der Waals surface area (Å²) in [6.45, 7) is 5.86. The van der Waals surface area contributed by atoms with Gasteiger partial charge >= 0.3 is 6.18 Å². The Morgan fingerprint density at radius 3 is 2.22 bits per heavy atom. The summed E-state index contributed by atoms with van der Waals surface area (Å²) in [4.78, 5) is 13.4. The summed E-state index contributed by atoms with van der Waals surface area (Å²) in [6, 6.07) is 5.29. The maximum atomic E-state index is 13.4. The largest absolute Gasteiger partial charge is 0.416 e. The number of hydrogen-bond acceptors (Lipinski definition) is 2. The highest BCUT2D eigenvalue weighted by molar-refractivity contribution is 5.96. The first-order chi connectivity index (χ1) is 15.0. The number of hydrogen-bond donors (Lipinski definition) is 1. The molecule has 0 aliphatic heterocycles. The molecule has 7 heteroatoms. The molecule has 4 aliphatic rings. The van der Waals surface area contributed by atoms with Gasteiger partial charge in [0, 0.05) is 11.5 Å². The van der Waals surface area contributed by atoms with E-state index in [0.29, 0.717) is 28.8 Å². The summed E-state index contributed by atoms with van der Waals surface area (Å²) < 4.78 is 41.3. The molecule has 0 atom stereocenters. The molecule has 1 N–H and O–H groups in total. The molecule has 2 aromatic rings. The molecule has 4 nitrogen and oxygen atoms in total. The molecule has 6 rings (SSSR count). The van der Waals surface area contributed by atoms with Crippen molar-refractivity contribution in [2.75, 3.05) is 0 Å². The standard InChI is InChI=1S/C25H30F3N3O/c1-24(2,3)22-20(13-29-31(22)19-6-4-5-18(12-19)25(26,27)28)23(32)30-21-16-8-14-7-15(10-16)11-17(21)9-14/h4-6,12-17,21H,7-11H2,1-3H3,(H,30,32). The smallest absolute Gasteiger partial charge is 0.349 e. The van der Waals surface area contributed by atoms with Crippen LogP contribution in [0.25, 0.3) is 5.69 Å². The molecule has 4 bridgehead atoms. The molecule has 1 amide bonds. The van der Waals surface area contributed by atoms with E-state index < -0.39 is 17.2 Å². The van der Waals surface area contributed by atoms with Crippen LogP contribution >= 0.6 is 0 Å². The number of rotatable bonds is 3. The second-order valence-electron chi connectivity index (χ2n) is 11.0. The Morgan fingerprint density at radius 1 is 1.03 bits per heavy atom. The van der Waals surface area contributed by atoms with Crippen LogP contribution in [0.3, 0.4) is 0 Å². The molecular weight excluding hydrogens is 415 g/mol. The fraction of sp³-hybridized carbons (Fsp3) is 0.600. The summed E-state index contributed by atoms with van der Waals surface area (Å²) in [6.07, 6.45) is 3.23. The van der Waals surface area contributed by atoms with Crippen LogP contribution in [0.15, 0.2) is 30.5 Å². The Kier molecular flexibility index (Phi) is 4.95. The molecule has 0 radical (unpaired) electrons. The molecule has 4 aliphatic carbocycles. The van der Waals surface area contributed by atoms with Gasteiger partial charge in [-0.3, -0.25) is 4.79 Å². The highest BCUT2D eigenvalue weighted by Crippen LogP contribution is 2.53. The number of halogens is 3. The van der Waals surface area contributed by atoms with Gasteiger partial charge in [0.1, 0.15) is 0 Å². The number of amides is 1. The zero-order valence-corrected chi connectivity index (χ0v) is 18.7. The van der Waals surface area contributed by atoms with Crippen LogP contribution in [0.2, 0.25) is 0 Å². The van der Waals surface area contributed by atoms with Gasteiger partial charge in [0.2, 0.25) is 0 Å². The summed E-state index contributed by atoms with van der Waals surface area (Å²) in [7, 11) is 0. The highest BCUT2D eigenvalue weighted by atomic mass is 19.4. The van der Waals surface area contributed by atoms with Crippen LogP contribution in [-0.2, 0) is 11.6 Å². The van der Waals surface area contributed by atoms with Crippen molar-refractivity contribution in [2.45, 2.75) is 70.5 Å². The first-order valence-corrected chi connectivity index (χ1v) is 11.6. The van der Waals surface area contributed by atoms with E-state index in [0.717, 1.165) is 24.0 Å². The Labute approximate surface area is 186 Å². The molecule has 4 fully saturated rings. The number of alkyl halides is 3. The van der Waals surface area contributed by atoms with Crippen molar-refractivity contribution in [3.8, 4) is 5.69 Å².